The Bertz CT molecular complexity index is 205. The highest BCUT2D eigenvalue weighted by Gasteiger charge is 2.21. The van der Waals surface area contributed by atoms with E-state index in [0.717, 1.165) is 39.1 Å². The average Bonchev–Trinajstić information content (AvgIpc) is 2.79. The summed E-state index contributed by atoms with van der Waals surface area (Å²) < 4.78 is 4.98. The van der Waals surface area contributed by atoms with Gasteiger partial charge in [0.1, 0.15) is 0 Å². The SMILES string of the molecule is COCCN(C)CCNC(=O)[C@H]1CCCN1. The number of nitrogens with one attached hydrogen (secondary N) is 2. The second-order valence-corrected chi connectivity index (χ2v) is 4.24. The van der Waals surface area contributed by atoms with E-state index in [9.17, 15) is 4.79 Å². The van der Waals surface area contributed by atoms with E-state index in [-0.39, 0.29) is 11.9 Å². The van der Waals surface area contributed by atoms with Crippen molar-refractivity contribution in [3.8, 4) is 0 Å². The molecule has 5 heteroatoms. The van der Waals surface area contributed by atoms with Crippen LogP contribution in [-0.2, 0) is 9.53 Å². The van der Waals surface area contributed by atoms with Crippen molar-refractivity contribution in [2.75, 3.05) is 46.9 Å². The van der Waals surface area contributed by atoms with Crippen molar-refractivity contribution in [3.63, 3.8) is 0 Å². The lowest BCUT2D eigenvalue weighted by Crippen LogP contribution is -2.43. The third-order valence-electron chi connectivity index (χ3n) is 2.85. The van der Waals surface area contributed by atoms with Crippen molar-refractivity contribution in [2.45, 2.75) is 18.9 Å². The predicted molar refractivity (Wildman–Crippen MR) is 63.4 cm³/mol. The molecule has 16 heavy (non-hydrogen) atoms. The highest BCUT2D eigenvalue weighted by Crippen LogP contribution is 2.03. The van der Waals surface area contributed by atoms with Gasteiger partial charge in [-0.15, -0.1) is 0 Å². The molecular formula is C11H23N3O2. The topological polar surface area (TPSA) is 53.6 Å². The van der Waals surface area contributed by atoms with Crippen molar-refractivity contribution in [1.29, 1.82) is 0 Å². The van der Waals surface area contributed by atoms with Gasteiger partial charge >= 0.3 is 0 Å². The fourth-order valence-corrected chi connectivity index (χ4v) is 1.76. The molecule has 0 bridgehead atoms. The van der Waals surface area contributed by atoms with Crippen LogP contribution in [0.3, 0.4) is 0 Å². The first-order chi connectivity index (χ1) is 7.74. The standard InChI is InChI=1S/C11H23N3O2/c1-14(8-9-16-2)7-6-13-11(15)10-4-3-5-12-10/h10,12H,3-9H2,1-2H3,(H,13,15)/t10-/m1/s1. The van der Waals surface area contributed by atoms with Crippen LogP contribution in [-0.4, -0.2) is 63.8 Å². The van der Waals surface area contributed by atoms with Crippen molar-refractivity contribution < 1.29 is 9.53 Å². The monoisotopic (exact) mass is 229 g/mol. The van der Waals surface area contributed by atoms with E-state index in [0.29, 0.717) is 6.54 Å². The van der Waals surface area contributed by atoms with E-state index in [1.54, 1.807) is 7.11 Å². The molecule has 1 atom stereocenters. The quantitative estimate of drug-likeness (QED) is 0.614. The lowest BCUT2D eigenvalue weighted by molar-refractivity contribution is -0.122. The summed E-state index contributed by atoms with van der Waals surface area (Å²) in [7, 11) is 3.72. The lowest BCUT2D eigenvalue weighted by atomic mass is 10.2. The van der Waals surface area contributed by atoms with E-state index < -0.39 is 0 Å². The third-order valence-corrected chi connectivity index (χ3v) is 2.85. The average molecular weight is 229 g/mol. The van der Waals surface area contributed by atoms with Gasteiger partial charge in [-0.2, -0.15) is 0 Å². The lowest BCUT2D eigenvalue weighted by Gasteiger charge is -2.17. The maximum absolute atomic E-state index is 11.6. The molecule has 94 valence electrons. The van der Waals surface area contributed by atoms with Crippen LogP contribution in [0.4, 0.5) is 0 Å². The maximum atomic E-state index is 11.6. The summed E-state index contributed by atoms with van der Waals surface area (Å²) >= 11 is 0. The second kappa shape index (κ2) is 7.60. The van der Waals surface area contributed by atoms with Gasteiger partial charge < -0.3 is 20.3 Å². The zero-order valence-electron chi connectivity index (χ0n) is 10.3. The summed E-state index contributed by atoms with van der Waals surface area (Å²) in [6.45, 7) is 4.16. The van der Waals surface area contributed by atoms with Crippen molar-refractivity contribution >= 4 is 5.91 Å². The Labute approximate surface area is 97.5 Å². The summed E-state index contributed by atoms with van der Waals surface area (Å²) in [6.07, 6.45) is 2.07. The van der Waals surface area contributed by atoms with E-state index in [2.05, 4.69) is 15.5 Å². The number of hydrogen-bond acceptors (Lipinski definition) is 4. The molecule has 0 aromatic carbocycles. The fraction of sp³-hybridized carbons (Fsp3) is 0.909. The molecule has 1 heterocycles. The minimum atomic E-state index is 0.0317. The normalized spacial score (nSPS) is 20.3. The molecule has 1 amide bonds. The third kappa shape index (κ3) is 4.92. The molecule has 1 rings (SSSR count). The molecule has 0 spiro atoms. The number of methoxy groups -OCH3 is 1. The molecular weight excluding hydrogens is 206 g/mol. The van der Waals surface area contributed by atoms with Crippen LogP contribution in [0.2, 0.25) is 0 Å². The Hall–Kier alpha value is -0.650. The van der Waals surface area contributed by atoms with Crippen LogP contribution in [0.25, 0.3) is 0 Å². The zero-order chi connectivity index (χ0) is 11.8. The molecule has 0 unspecified atom stereocenters. The van der Waals surface area contributed by atoms with Gasteiger partial charge in [0.05, 0.1) is 12.6 Å². The Balaban J connectivity index is 2.03. The van der Waals surface area contributed by atoms with Crippen LogP contribution in [0.5, 0.6) is 0 Å². The van der Waals surface area contributed by atoms with Crippen LogP contribution < -0.4 is 10.6 Å². The molecule has 1 fully saturated rings. The number of carbonyl (C=O) groups is 1. The highest BCUT2D eigenvalue weighted by atomic mass is 16.5. The summed E-state index contributed by atoms with van der Waals surface area (Å²) in [4.78, 5) is 13.8. The number of carbonyl (C=O) groups excluding carboxylic acids is 1. The van der Waals surface area contributed by atoms with Gasteiger partial charge in [0.2, 0.25) is 5.91 Å². The molecule has 5 nitrogen and oxygen atoms in total. The Kier molecular flexibility index (Phi) is 6.37. The van der Waals surface area contributed by atoms with Crippen molar-refractivity contribution in [2.24, 2.45) is 0 Å². The van der Waals surface area contributed by atoms with Gasteiger partial charge in [-0.05, 0) is 26.4 Å². The minimum Gasteiger partial charge on any atom is -0.383 e. The minimum absolute atomic E-state index is 0.0317. The van der Waals surface area contributed by atoms with E-state index in [1.165, 1.54) is 0 Å². The molecule has 0 aliphatic carbocycles. The summed E-state index contributed by atoms with van der Waals surface area (Å²) in [5.41, 5.74) is 0. The number of ether oxygens (including phenoxy) is 1. The van der Waals surface area contributed by atoms with Crippen molar-refractivity contribution in [3.05, 3.63) is 0 Å². The van der Waals surface area contributed by atoms with Gasteiger partial charge in [-0.1, -0.05) is 0 Å². The number of hydrogen-bond donors (Lipinski definition) is 2. The maximum Gasteiger partial charge on any atom is 0.237 e. The largest absolute Gasteiger partial charge is 0.383 e. The molecule has 0 radical (unpaired) electrons. The van der Waals surface area contributed by atoms with Crippen LogP contribution in [0.1, 0.15) is 12.8 Å². The summed E-state index contributed by atoms with van der Waals surface area (Å²) in [6, 6.07) is 0.0317. The van der Waals surface area contributed by atoms with Gasteiger partial charge in [0, 0.05) is 26.7 Å². The van der Waals surface area contributed by atoms with Crippen LogP contribution >= 0.6 is 0 Å². The van der Waals surface area contributed by atoms with Crippen LogP contribution in [0, 0.1) is 0 Å². The molecule has 2 N–H and O–H groups in total. The summed E-state index contributed by atoms with van der Waals surface area (Å²) in [5, 5.41) is 6.13. The van der Waals surface area contributed by atoms with Gasteiger partial charge in [0.15, 0.2) is 0 Å². The number of amides is 1. The molecule has 1 aliphatic rings. The molecule has 0 aromatic rings. The van der Waals surface area contributed by atoms with E-state index >= 15 is 0 Å². The molecule has 1 aliphatic heterocycles. The number of rotatable bonds is 7. The van der Waals surface area contributed by atoms with Gasteiger partial charge in [-0.25, -0.2) is 0 Å². The Morgan fingerprint density at radius 3 is 3.00 bits per heavy atom. The summed E-state index contributed by atoms with van der Waals surface area (Å²) in [5.74, 6) is 0.137. The van der Waals surface area contributed by atoms with Crippen molar-refractivity contribution in [1.82, 2.24) is 15.5 Å². The number of nitrogens with zero attached hydrogens (tertiary/aromatic N) is 1. The molecule has 0 saturated carbocycles. The van der Waals surface area contributed by atoms with Crippen LogP contribution in [0.15, 0.2) is 0 Å². The number of likely N-dealkylation sites (N-methyl/N-ethyl adjacent to an activating group) is 1. The first-order valence-corrected chi connectivity index (χ1v) is 5.92. The fourth-order valence-electron chi connectivity index (χ4n) is 1.76. The smallest absolute Gasteiger partial charge is 0.237 e. The van der Waals surface area contributed by atoms with E-state index in [4.69, 9.17) is 4.74 Å². The zero-order valence-corrected chi connectivity index (χ0v) is 10.3. The molecule has 0 aromatic heterocycles. The molecule has 1 saturated heterocycles. The predicted octanol–water partition coefficient (Wildman–Crippen LogP) is -0.567. The van der Waals surface area contributed by atoms with E-state index in [1.807, 2.05) is 7.05 Å². The van der Waals surface area contributed by atoms with Gasteiger partial charge in [-0.3, -0.25) is 4.79 Å². The second-order valence-electron chi connectivity index (χ2n) is 4.24. The Morgan fingerprint density at radius 1 is 1.56 bits per heavy atom. The highest BCUT2D eigenvalue weighted by molar-refractivity contribution is 5.81. The first-order valence-electron chi connectivity index (χ1n) is 5.92. The Morgan fingerprint density at radius 2 is 2.38 bits per heavy atom. The van der Waals surface area contributed by atoms with Gasteiger partial charge in [0.25, 0.3) is 0 Å². The first kappa shape index (κ1) is 13.4.